The third-order valence-electron chi connectivity index (χ3n) is 2.76. The van der Waals surface area contributed by atoms with Gasteiger partial charge in [0.25, 0.3) is 5.91 Å². The predicted molar refractivity (Wildman–Crippen MR) is 68.4 cm³/mol. The van der Waals surface area contributed by atoms with Crippen LogP contribution in [-0.4, -0.2) is 27.8 Å². The lowest BCUT2D eigenvalue weighted by Crippen LogP contribution is -2.17. The minimum absolute atomic E-state index is 0.0314. The van der Waals surface area contributed by atoms with Crippen molar-refractivity contribution >= 4 is 5.91 Å². The molecule has 0 saturated heterocycles. The highest BCUT2D eigenvalue weighted by Crippen LogP contribution is 2.26. The van der Waals surface area contributed by atoms with Crippen molar-refractivity contribution in [2.75, 3.05) is 7.05 Å². The molecule has 1 aromatic carbocycles. The van der Waals surface area contributed by atoms with Crippen molar-refractivity contribution in [3.8, 4) is 16.9 Å². The number of aromatic nitrogens is 2. The van der Waals surface area contributed by atoms with Gasteiger partial charge in [0, 0.05) is 25.4 Å². The lowest BCUT2D eigenvalue weighted by molar-refractivity contribution is 0.0960. The smallest absolute Gasteiger partial charge is 0.254 e. The average molecular weight is 245 g/mol. The molecule has 0 atom stereocenters. The standard InChI is InChI=1S/C13H15N3O2/c1-3-16-8-10(7-15-16)9-4-5-11(12(17)6-9)13(18)14-2/h4-8,17H,3H2,1-2H3,(H,14,18). The third kappa shape index (κ3) is 2.20. The van der Waals surface area contributed by atoms with Gasteiger partial charge in [-0.1, -0.05) is 6.07 Å². The topological polar surface area (TPSA) is 67.2 Å². The predicted octanol–water partition coefficient (Wildman–Crippen LogP) is 1.64. The first-order valence-corrected chi connectivity index (χ1v) is 5.73. The van der Waals surface area contributed by atoms with E-state index < -0.39 is 0 Å². The van der Waals surface area contributed by atoms with Crippen LogP contribution in [-0.2, 0) is 6.54 Å². The number of phenols is 1. The molecule has 0 spiro atoms. The first-order chi connectivity index (χ1) is 8.65. The van der Waals surface area contributed by atoms with Gasteiger partial charge in [0.1, 0.15) is 5.75 Å². The van der Waals surface area contributed by atoms with Crippen molar-refractivity contribution in [1.29, 1.82) is 0 Å². The third-order valence-corrected chi connectivity index (χ3v) is 2.76. The van der Waals surface area contributed by atoms with Gasteiger partial charge in [0.2, 0.25) is 0 Å². The van der Waals surface area contributed by atoms with Crippen LogP contribution in [0.4, 0.5) is 0 Å². The zero-order valence-corrected chi connectivity index (χ0v) is 10.3. The molecule has 18 heavy (non-hydrogen) atoms. The molecule has 2 rings (SSSR count). The fraction of sp³-hybridized carbons (Fsp3) is 0.231. The second kappa shape index (κ2) is 4.91. The number of amides is 1. The highest BCUT2D eigenvalue weighted by Gasteiger charge is 2.11. The van der Waals surface area contributed by atoms with E-state index >= 15 is 0 Å². The Morgan fingerprint density at radius 1 is 1.44 bits per heavy atom. The van der Waals surface area contributed by atoms with E-state index in [9.17, 15) is 9.90 Å². The lowest BCUT2D eigenvalue weighted by Gasteiger charge is -2.05. The Morgan fingerprint density at radius 2 is 2.22 bits per heavy atom. The second-order valence-electron chi connectivity index (χ2n) is 3.90. The number of aromatic hydroxyl groups is 1. The highest BCUT2D eigenvalue weighted by molar-refractivity contribution is 5.97. The molecule has 0 bridgehead atoms. The summed E-state index contributed by atoms with van der Waals surface area (Å²) in [5.41, 5.74) is 2.01. The zero-order chi connectivity index (χ0) is 13.1. The summed E-state index contributed by atoms with van der Waals surface area (Å²) >= 11 is 0. The monoisotopic (exact) mass is 245 g/mol. The quantitative estimate of drug-likeness (QED) is 0.863. The van der Waals surface area contributed by atoms with Gasteiger partial charge in [-0.05, 0) is 24.6 Å². The number of benzene rings is 1. The van der Waals surface area contributed by atoms with Gasteiger partial charge in [0.15, 0.2) is 0 Å². The van der Waals surface area contributed by atoms with E-state index in [1.807, 2.05) is 13.1 Å². The van der Waals surface area contributed by atoms with Gasteiger partial charge in [-0.2, -0.15) is 5.10 Å². The number of aryl methyl sites for hydroxylation is 1. The first kappa shape index (κ1) is 12.2. The fourth-order valence-electron chi connectivity index (χ4n) is 1.72. The van der Waals surface area contributed by atoms with Crippen molar-refractivity contribution in [1.82, 2.24) is 15.1 Å². The van der Waals surface area contributed by atoms with Crippen LogP contribution in [0.1, 0.15) is 17.3 Å². The maximum absolute atomic E-state index is 11.4. The summed E-state index contributed by atoms with van der Waals surface area (Å²) in [6.45, 7) is 2.80. The molecule has 2 aromatic rings. The van der Waals surface area contributed by atoms with E-state index in [0.717, 1.165) is 17.7 Å². The van der Waals surface area contributed by atoms with E-state index in [2.05, 4.69) is 10.4 Å². The number of carbonyl (C=O) groups excluding carboxylic acids is 1. The molecule has 0 radical (unpaired) electrons. The molecule has 0 saturated carbocycles. The van der Waals surface area contributed by atoms with Crippen LogP contribution in [0.15, 0.2) is 30.6 Å². The molecular weight excluding hydrogens is 230 g/mol. The zero-order valence-electron chi connectivity index (χ0n) is 10.3. The summed E-state index contributed by atoms with van der Waals surface area (Å²) in [5, 5.41) is 16.5. The molecule has 0 aliphatic heterocycles. The Bertz CT molecular complexity index is 575. The van der Waals surface area contributed by atoms with Crippen LogP contribution in [0, 0.1) is 0 Å². The van der Waals surface area contributed by atoms with Crippen LogP contribution in [0.25, 0.3) is 11.1 Å². The van der Waals surface area contributed by atoms with Crippen LogP contribution in [0.3, 0.4) is 0 Å². The molecule has 94 valence electrons. The summed E-state index contributed by atoms with van der Waals surface area (Å²) in [7, 11) is 1.53. The summed E-state index contributed by atoms with van der Waals surface area (Å²) < 4.78 is 1.80. The van der Waals surface area contributed by atoms with Crippen molar-refractivity contribution < 1.29 is 9.90 Å². The van der Waals surface area contributed by atoms with Crippen molar-refractivity contribution in [3.05, 3.63) is 36.2 Å². The largest absolute Gasteiger partial charge is 0.507 e. The molecule has 0 aliphatic rings. The first-order valence-electron chi connectivity index (χ1n) is 5.73. The molecule has 1 heterocycles. The molecule has 1 amide bonds. The molecule has 0 fully saturated rings. The van der Waals surface area contributed by atoms with Crippen LogP contribution in [0.2, 0.25) is 0 Å². The minimum Gasteiger partial charge on any atom is -0.507 e. The fourth-order valence-corrected chi connectivity index (χ4v) is 1.72. The molecule has 1 aromatic heterocycles. The van der Waals surface area contributed by atoms with Crippen LogP contribution in [0.5, 0.6) is 5.75 Å². The lowest BCUT2D eigenvalue weighted by atomic mass is 10.1. The van der Waals surface area contributed by atoms with E-state index in [1.54, 1.807) is 29.1 Å². The average Bonchev–Trinajstić information content (AvgIpc) is 2.86. The van der Waals surface area contributed by atoms with Crippen molar-refractivity contribution in [3.63, 3.8) is 0 Å². The van der Waals surface area contributed by atoms with E-state index in [1.165, 1.54) is 7.05 Å². The Kier molecular flexibility index (Phi) is 3.32. The van der Waals surface area contributed by atoms with E-state index in [4.69, 9.17) is 0 Å². The van der Waals surface area contributed by atoms with Gasteiger partial charge in [-0.15, -0.1) is 0 Å². The number of hydrogen-bond donors (Lipinski definition) is 2. The normalized spacial score (nSPS) is 10.3. The number of hydrogen-bond acceptors (Lipinski definition) is 3. The minimum atomic E-state index is -0.302. The van der Waals surface area contributed by atoms with Crippen LogP contribution < -0.4 is 5.32 Å². The van der Waals surface area contributed by atoms with Gasteiger partial charge in [0.05, 0.1) is 11.8 Å². The molecule has 2 N–H and O–H groups in total. The number of phenolic OH excluding ortho intramolecular Hbond substituents is 1. The van der Waals surface area contributed by atoms with Gasteiger partial charge < -0.3 is 10.4 Å². The maximum Gasteiger partial charge on any atom is 0.254 e. The molecule has 5 heteroatoms. The van der Waals surface area contributed by atoms with Gasteiger partial charge in [-0.3, -0.25) is 9.48 Å². The van der Waals surface area contributed by atoms with E-state index in [-0.39, 0.29) is 17.2 Å². The summed E-state index contributed by atoms with van der Waals surface area (Å²) in [6.07, 6.45) is 3.63. The number of rotatable bonds is 3. The van der Waals surface area contributed by atoms with E-state index in [0.29, 0.717) is 0 Å². The summed E-state index contributed by atoms with van der Waals surface area (Å²) in [6, 6.07) is 4.97. The van der Waals surface area contributed by atoms with Crippen molar-refractivity contribution in [2.24, 2.45) is 0 Å². The van der Waals surface area contributed by atoms with Gasteiger partial charge >= 0.3 is 0 Å². The Labute approximate surface area is 105 Å². The van der Waals surface area contributed by atoms with Crippen LogP contribution >= 0.6 is 0 Å². The molecular formula is C13H15N3O2. The summed E-state index contributed by atoms with van der Waals surface area (Å²) in [4.78, 5) is 11.4. The number of carbonyl (C=O) groups is 1. The molecule has 5 nitrogen and oxygen atoms in total. The molecule has 0 unspecified atom stereocenters. The maximum atomic E-state index is 11.4. The number of nitrogens with zero attached hydrogens (tertiary/aromatic N) is 2. The SMILES string of the molecule is CCn1cc(-c2ccc(C(=O)NC)c(O)c2)cn1. The Hall–Kier alpha value is -2.30. The Balaban J connectivity index is 2.36. The Morgan fingerprint density at radius 3 is 2.78 bits per heavy atom. The highest BCUT2D eigenvalue weighted by atomic mass is 16.3. The number of nitrogens with one attached hydrogen (secondary N) is 1. The second-order valence-corrected chi connectivity index (χ2v) is 3.90. The summed E-state index contributed by atoms with van der Waals surface area (Å²) in [5.74, 6) is -0.334. The molecule has 0 aliphatic carbocycles. The van der Waals surface area contributed by atoms with Crippen molar-refractivity contribution in [2.45, 2.75) is 13.5 Å². The van der Waals surface area contributed by atoms with Gasteiger partial charge in [-0.25, -0.2) is 0 Å².